The van der Waals surface area contributed by atoms with Crippen molar-refractivity contribution in [3.05, 3.63) is 65.7 Å². The van der Waals surface area contributed by atoms with Crippen molar-refractivity contribution in [3.63, 3.8) is 0 Å². The average molecular weight is 377 g/mol. The van der Waals surface area contributed by atoms with E-state index in [2.05, 4.69) is 38.8 Å². The molecule has 1 amide bonds. The summed E-state index contributed by atoms with van der Waals surface area (Å²) in [5.41, 5.74) is 2.73. The van der Waals surface area contributed by atoms with E-state index in [1.165, 1.54) is 5.56 Å². The van der Waals surface area contributed by atoms with Gasteiger partial charge in [0.1, 0.15) is 5.69 Å². The molecule has 2 N–H and O–H groups in total. The van der Waals surface area contributed by atoms with Crippen LogP contribution in [-0.2, 0) is 10.2 Å². The number of ether oxygens (including phenoxy) is 1. The minimum Gasteiger partial charge on any atom is -0.378 e. The first-order valence-electron chi connectivity index (χ1n) is 9.66. The highest BCUT2D eigenvalue weighted by Crippen LogP contribution is 2.51. The molecule has 28 heavy (non-hydrogen) atoms. The van der Waals surface area contributed by atoms with Gasteiger partial charge in [-0.15, -0.1) is 0 Å². The molecule has 1 saturated heterocycles. The van der Waals surface area contributed by atoms with Crippen LogP contribution in [0, 0.1) is 0 Å². The van der Waals surface area contributed by atoms with Gasteiger partial charge in [-0.3, -0.25) is 9.20 Å². The van der Waals surface area contributed by atoms with Gasteiger partial charge in [0.05, 0.1) is 12.1 Å². The number of fused-ring (bicyclic) bond motifs is 3. The molecule has 0 radical (unpaired) electrons. The van der Waals surface area contributed by atoms with E-state index in [1.807, 2.05) is 18.3 Å². The number of hydrogen-bond acceptors (Lipinski definition) is 5. The van der Waals surface area contributed by atoms with Gasteiger partial charge in [0.15, 0.2) is 0 Å². The molecule has 0 unspecified atom stereocenters. The maximum absolute atomic E-state index is 13.0. The SMILES string of the molecule is CO[C@@H]1[C@@H](NC(=O)c2cn3cccnc3n2)c2ccccc2C12CCNCC2. The van der Waals surface area contributed by atoms with Crippen LogP contribution >= 0.6 is 0 Å². The van der Waals surface area contributed by atoms with E-state index in [0.29, 0.717) is 11.5 Å². The first-order valence-corrected chi connectivity index (χ1v) is 9.66. The first-order chi connectivity index (χ1) is 13.7. The van der Waals surface area contributed by atoms with Gasteiger partial charge in [-0.05, 0) is 43.1 Å². The number of hydrogen-bond donors (Lipinski definition) is 2. The van der Waals surface area contributed by atoms with E-state index in [1.54, 1.807) is 23.9 Å². The molecular weight excluding hydrogens is 354 g/mol. The number of piperidine rings is 1. The van der Waals surface area contributed by atoms with Crippen LogP contribution in [0.5, 0.6) is 0 Å². The van der Waals surface area contributed by atoms with Gasteiger partial charge >= 0.3 is 0 Å². The van der Waals surface area contributed by atoms with Crippen molar-refractivity contribution in [1.29, 1.82) is 0 Å². The molecule has 7 heteroatoms. The van der Waals surface area contributed by atoms with E-state index in [-0.39, 0.29) is 23.5 Å². The van der Waals surface area contributed by atoms with E-state index >= 15 is 0 Å². The molecule has 1 aromatic carbocycles. The monoisotopic (exact) mass is 377 g/mol. The van der Waals surface area contributed by atoms with Gasteiger partial charge in [-0.1, -0.05) is 24.3 Å². The quantitative estimate of drug-likeness (QED) is 0.728. The van der Waals surface area contributed by atoms with Gasteiger partial charge in [-0.2, -0.15) is 0 Å². The smallest absolute Gasteiger partial charge is 0.272 e. The van der Waals surface area contributed by atoms with Crippen LogP contribution in [0.3, 0.4) is 0 Å². The van der Waals surface area contributed by atoms with Gasteiger partial charge in [0, 0.05) is 31.1 Å². The van der Waals surface area contributed by atoms with Crippen molar-refractivity contribution in [3.8, 4) is 0 Å². The number of amides is 1. The van der Waals surface area contributed by atoms with Gasteiger partial charge in [0.25, 0.3) is 5.91 Å². The number of nitrogens with zero attached hydrogens (tertiary/aromatic N) is 3. The molecule has 0 bridgehead atoms. The highest BCUT2D eigenvalue weighted by Gasteiger charge is 2.53. The van der Waals surface area contributed by atoms with Gasteiger partial charge < -0.3 is 15.4 Å². The third kappa shape index (κ3) is 2.54. The number of nitrogens with one attached hydrogen (secondary N) is 2. The zero-order chi connectivity index (χ0) is 19.1. The van der Waals surface area contributed by atoms with Crippen LogP contribution in [0.2, 0.25) is 0 Å². The van der Waals surface area contributed by atoms with E-state index < -0.39 is 0 Å². The van der Waals surface area contributed by atoms with Crippen molar-refractivity contribution in [2.24, 2.45) is 0 Å². The Morgan fingerprint density at radius 2 is 2.11 bits per heavy atom. The summed E-state index contributed by atoms with van der Waals surface area (Å²) in [5.74, 6) is 0.302. The number of aromatic nitrogens is 3. The summed E-state index contributed by atoms with van der Waals surface area (Å²) in [6.07, 6.45) is 7.09. The second-order valence-corrected chi connectivity index (χ2v) is 7.55. The number of imidazole rings is 1. The molecular formula is C21H23N5O2. The normalized spacial score (nSPS) is 23.0. The molecule has 3 heterocycles. The third-order valence-corrected chi connectivity index (χ3v) is 6.18. The van der Waals surface area contributed by atoms with Crippen LogP contribution in [0.15, 0.2) is 48.9 Å². The molecule has 7 nitrogen and oxygen atoms in total. The second kappa shape index (κ2) is 6.68. The zero-order valence-corrected chi connectivity index (χ0v) is 15.8. The Hall–Kier alpha value is -2.77. The molecule has 1 aliphatic carbocycles. The molecule has 2 aliphatic rings. The number of carbonyl (C=O) groups excluding carboxylic acids is 1. The molecule has 2 aromatic heterocycles. The molecule has 144 valence electrons. The highest BCUT2D eigenvalue weighted by atomic mass is 16.5. The van der Waals surface area contributed by atoms with Crippen molar-refractivity contribution >= 4 is 11.7 Å². The van der Waals surface area contributed by atoms with Crippen LogP contribution < -0.4 is 10.6 Å². The summed E-state index contributed by atoms with van der Waals surface area (Å²) in [4.78, 5) is 21.6. The number of methoxy groups -OCH3 is 1. The van der Waals surface area contributed by atoms with Crippen molar-refractivity contribution in [1.82, 2.24) is 25.0 Å². The maximum Gasteiger partial charge on any atom is 0.272 e. The summed E-state index contributed by atoms with van der Waals surface area (Å²) in [6.45, 7) is 1.90. The zero-order valence-electron chi connectivity index (χ0n) is 15.8. The lowest BCUT2D eigenvalue weighted by Gasteiger charge is -2.40. The van der Waals surface area contributed by atoms with Crippen LogP contribution in [0.25, 0.3) is 5.78 Å². The Balaban J connectivity index is 1.50. The first kappa shape index (κ1) is 17.3. The summed E-state index contributed by atoms with van der Waals surface area (Å²) in [6, 6.07) is 10.0. The molecule has 5 rings (SSSR count). The fourth-order valence-corrected chi connectivity index (χ4v) is 4.95. The standard InChI is InChI=1S/C21H23N5O2/c1-28-18-17(25-19(27)16-13-26-12-4-9-23-20(26)24-16)14-5-2-3-6-15(14)21(18)7-10-22-11-8-21/h2-6,9,12-13,17-18,22H,7-8,10-11H2,1H3,(H,25,27)/t17-,18+/m0/s1. The van der Waals surface area contributed by atoms with Gasteiger partial charge in [-0.25, -0.2) is 9.97 Å². The Bertz CT molecular complexity index is 991. The Kier molecular flexibility index (Phi) is 4.14. The van der Waals surface area contributed by atoms with E-state index in [4.69, 9.17) is 4.74 Å². The van der Waals surface area contributed by atoms with Crippen molar-refractivity contribution in [2.45, 2.75) is 30.4 Å². The number of rotatable bonds is 3. The molecule has 1 spiro atoms. The minimum atomic E-state index is -0.210. The lowest BCUT2D eigenvalue weighted by atomic mass is 9.72. The molecule has 1 aliphatic heterocycles. The fourth-order valence-electron chi connectivity index (χ4n) is 4.95. The predicted octanol–water partition coefficient (Wildman–Crippen LogP) is 1.85. The lowest BCUT2D eigenvalue weighted by molar-refractivity contribution is 0.00392. The number of carbonyl (C=O) groups is 1. The predicted molar refractivity (Wildman–Crippen MR) is 104 cm³/mol. The average Bonchev–Trinajstić information content (AvgIpc) is 3.27. The number of benzene rings is 1. The van der Waals surface area contributed by atoms with Crippen LogP contribution in [0.4, 0.5) is 0 Å². The van der Waals surface area contributed by atoms with Crippen LogP contribution in [-0.4, -0.2) is 46.6 Å². The third-order valence-electron chi connectivity index (χ3n) is 6.18. The topological polar surface area (TPSA) is 80.5 Å². The summed E-state index contributed by atoms with van der Waals surface area (Å²) >= 11 is 0. The van der Waals surface area contributed by atoms with Crippen molar-refractivity contribution < 1.29 is 9.53 Å². The molecule has 0 saturated carbocycles. The largest absolute Gasteiger partial charge is 0.378 e. The Morgan fingerprint density at radius 1 is 1.29 bits per heavy atom. The van der Waals surface area contributed by atoms with Crippen molar-refractivity contribution in [2.75, 3.05) is 20.2 Å². The lowest BCUT2D eigenvalue weighted by Crippen LogP contribution is -2.49. The summed E-state index contributed by atoms with van der Waals surface area (Å²) in [7, 11) is 1.74. The van der Waals surface area contributed by atoms with E-state index in [0.717, 1.165) is 31.5 Å². The highest BCUT2D eigenvalue weighted by molar-refractivity contribution is 5.93. The second-order valence-electron chi connectivity index (χ2n) is 7.55. The maximum atomic E-state index is 13.0. The fraction of sp³-hybridized carbons (Fsp3) is 0.381. The molecule has 1 fully saturated rings. The summed E-state index contributed by atoms with van der Waals surface area (Å²) in [5, 5.41) is 6.64. The van der Waals surface area contributed by atoms with E-state index in [9.17, 15) is 4.79 Å². The summed E-state index contributed by atoms with van der Waals surface area (Å²) < 4.78 is 7.76. The molecule has 2 atom stereocenters. The Labute approximate surface area is 163 Å². The minimum absolute atomic E-state index is 0.0744. The Morgan fingerprint density at radius 3 is 2.89 bits per heavy atom. The van der Waals surface area contributed by atoms with Gasteiger partial charge in [0.2, 0.25) is 5.78 Å². The molecule has 3 aromatic rings. The van der Waals surface area contributed by atoms with Crippen LogP contribution in [0.1, 0.15) is 40.5 Å².